The molecule has 1 aliphatic heterocycles. The van der Waals surface area contributed by atoms with Gasteiger partial charge in [-0.3, -0.25) is 0 Å². The molecule has 7 heteroatoms. The van der Waals surface area contributed by atoms with E-state index < -0.39 is 0 Å². The van der Waals surface area contributed by atoms with Crippen molar-refractivity contribution in [2.24, 2.45) is 0 Å². The van der Waals surface area contributed by atoms with Crippen LogP contribution >= 0.6 is 11.3 Å². The summed E-state index contributed by atoms with van der Waals surface area (Å²) in [5.74, 6) is 0.756. The van der Waals surface area contributed by atoms with Crippen molar-refractivity contribution in [2.75, 3.05) is 0 Å². The maximum atomic E-state index is 4.82. The summed E-state index contributed by atoms with van der Waals surface area (Å²) in [7, 11) is 0. The lowest BCUT2D eigenvalue weighted by molar-refractivity contribution is 0.775. The molecule has 0 amide bonds. The minimum Gasteiger partial charge on any atom is -0.339 e. The van der Waals surface area contributed by atoms with Gasteiger partial charge in [0, 0.05) is 11.8 Å². The molecule has 106 valence electrons. The molecule has 0 fully saturated rings. The molecular weight excluding hydrogens is 296 g/mol. The highest BCUT2D eigenvalue weighted by Gasteiger charge is 2.25. The van der Waals surface area contributed by atoms with E-state index in [9.17, 15) is 0 Å². The zero-order chi connectivity index (χ0) is 14.5. The summed E-state index contributed by atoms with van der Waals surface area (Å²) in [6, 6.07) is 14.2. The summed E-state index contributed by atoms with van der Waals surface area (Å²) >= 11 is 1.62. The highest BCUT2D eigenvalue weighted by atomic mass is 32.1. The smallest absolute Gasteiger partial charge is 0.204 e. The molecule has 0 atom stereocenters. The molecule has 6 nitrogen and oxygen atoms in total. The molecule has 0 unspecified atom stereocenters. The number of thiazole rings is 1. The van der Waals surface area contributed by atoms with Crippen LogP contribution in [-0.2, 0) is 6.54 Å². The number of fused-ring (bicyclic) bond motifs is 5. The third-order valence-electron chi connectivity index (χ3n) is 3.74. The van der Waals surface area contributed by atoms with E-state index in [-0.39, 0.29) is 0 Å². The molecule has 0 aliphatic carbocycles. The lowest BCUT2D eigenvalue weighted by Gasteiger charge is -2.02. The Labute approximate surface area is 129 Å². The molecule has 1 aliphatic rings. The Bertz CT molecular complexity index is 965. The van der Waals surface area contributed by atoms with Gasteiger partial charge >= 0.3 is 0 Å². The van der Waals surface area contributed by atoms with E-state index in [1.165, 1.54) is 0 Å². The van der Waals surface area contributed by atoms with E-state index in [1.54, 1.807) is 16.0 Å². The van der Waals surface area contributed by atoms with E-state index >= 15 is 0 Å². The van der Waals surface area contributed by atoms with Crippen LogP contribution in [0.5, 0.6) is 0 Å². The molecule has 1 aromatic carbocycles. The topological polar surface area (TPSA) is 61.4 Å². The fourth-order valence-corrected chi connectivity index (χ4v) is 3.75. The van der Waals surface area contributed by atoms with Crippen molar-refractivity contribution < 1.29 is 0 Å². The molecule has 22 heavy (non-hydrogen) atoms. The number of benzene rings is 1. The summed E-state index contributed by atoms with van der Waals surface area (Å²) in [4.78, 5) is 4.82. The quantitative estimate of drug-likeness (QED) is 0.477. The molecule has 0 radical (unpaired) electrons. The summed E-state index contributed by atoms with van der Waals surface area (Å²) in [5.41, 5.74) is 3.12. The van der Waals surface area contributed by atoms with Crippen molar-refractivity contribution in [1.82, 2.24) is 29.8 Å². The fourth-order valence-electron chi connectivity index (χ4n) is 2.72. The lowest BCUT2D eigenvalue weighted by atomic mass is 10.2. The van der Waals surface area contributed by atoms with Gasteiger partial charge in [0.2, 0.25) is 5.82 Å². The number of hydrogen-bond donors (Lipinski definition) is 0. The third kappa shape index (κ3) is 1.59. The first-order valence-electron chi connectivity index (χ1n) is 6.89. The van der Waals surface area contributed by atoms with Crippen LogP contribution in [0.25, 0.3) is 27.1 Å². The van der Waals surface area contributed by atoms with Gasteiger partial charge in [-0.15, -0.1) is 5.10 Å². The number of rotatable bonds is 1. The zero-order valence-electron chi connectivity index (χ0n) is 11.4. The number of tetrazole rings is 1. The van der Waals surface area contributed by atoms with E-state index in [0.717, 1.165) is 32.8 Å². The van der Waals surface area contributed by atoms with Gasteiger partial charge in [0.25, 0.3) is 0 Å². The van der Waals surface area contributed by atoms with Crippen LogP contribution in [0.15, 0.2) is 48.7 Å². The van der Waals surface area contributed by atoms with Crippen LogP contribution in [0, 0.1) is 0 Å². The van der Waals surface area contributed by atoms with Crippen LogP contribution in [0.4, 0.5) is 0 Å². The Kier molecular flexibility index (Phi) is 2.33. The number of aromatic nitrogens is 6. The van der Waals surface area contributed by atoms with Crippen molar-refractivity contribution in [3.05, 3.63) is 54.4 Å². The zero-order valence-corrected chi connectivity index (χ0v) is 12.2. The van der Waals surface area contributed by atoms with Gasteiger partial charge in [0.1, 0.15) is 10.0 Å². The van der Waals surface area contributed by atoms with Gasteiger partial charge in [-0.05, 0) is 22.6 Å². The second-order valence-electron chi connectivity index (χ2n) is 5.07. The highest BCUT2D eigenvalue weighted by Crippen LogP contribution is 2.35. The Morgan fingerprint density at radius 3 is 2.86 bits per heavy atom. The van der Waals surface area contributed by atoms with Gasteiger partial charge in [-0.1, -0.05) is 41.7 Å². The van der Waals surface area contributed by atoms with Gasteiger partial charge < -0.3 is 4.57 Å². The van der Waals surface area contributed by atoms with E-state index in [2.05, 4.69) is 32.2 Å². The SMILES string of the molecule is c1ccc(-c2nc3c(s2)-n2nnnc2-c2cccn2C3)cc1. The van der Waals surface area contributed by atoms with Crippen molar-refractivity contribution in [3.63, 3.8) is 0 Å². The van der Waals surface area contributed by atoms with Crippen LogP contribution in [0.1, 0.15) is 5.69 Å². The molecule has 0 N–H and O–H groups in total. The van der Waals surface area contributed by atoms with Crippen LogP contribution in [0.2, 0.25) is 0 Å². The molecule has 4 aromatic rings. The lowest BCUT2D eigenvalue weighted by Crippen LogP contribution is -1.99. The second-order valence-corrected chi connectivity index (χ2v) is 6.05. The van der Waals surface area contributed by atoms with Gasteiger partial charge in [-0.2, -0.15) is 4.68 Å². The normalized spacial score (nSPS) is 12.4. The first kappa shape index (κ1) is 11.8. The van der Waals surface area contributed by atoms with E-state index in [0.29, 0.717) is 6.54 Å². The fraction of sp³-hybridized carbons (Fsp3) is 0.0667. The second kappa shape index (κ2) is 4.35. The van der Waals surface area contributed by atoms with Crippen LogP contribution in [0.3, 0.4) is 0 Å². The van der Waals surface area contributed by atoms with Crippen molar-refractivity contribution in [2.45, 2.75) is 6.54 Å². The van der Waals surface area contributed by atoms with Gasteiger partial charge in [-0.25, -0.2) is 4.98 Å². The molecule has 0 saturated carbocycles. The molecule has 3 aromatic heterocycles. The molecule has 4 heterocycles. The summed E-state index contributed by atoms with van der Waals surface area (Å²) < 4.78 is 3.92. The van der Waals surface area contributed by atoms with Crippen molar-refractivity contribution in [1.29, 1.82) is 0 Å². The molecular formula is C15H10N6S. The van der Waals surface area contributed by atoms with Crippen molar-refractivity contribution in [3.8, 4) is 27.1 Å². The van der Waals surface area contributed by atoms with E-state index in [1.807, 2.05) is 36.5 Å². The summed E-state index contributed by atoms with van der Waals surface area (Å²) in [5, 5.41) is 14.1. The monoisotopic (exact) mass is 306 g/mol. The average molecular weight is 306 g/mol. The predicted molar refractivity (Wildman–Crippen MR) is 82.8 cm³/mol. The van der Waals surface area contributed by atoms with Crippen LogP contribution < -0.4 is 0 Å². The average Bonchev–Trinajstić information content (AvgIpc) is 3.26. The Morgan fingerprint density at radius 2 is 1.95 bits per heavy atom. The largest absolute Gasteiger partial charge is 0.339 e. The molecule has 0 bridgehead atoms. The predicted octanol–water partition coefficient (Wildman–Crippen LogP) is 2.62. The van der Waals surface area contributed by atoms with E-state index in [4.69, 9.17) is 4.98 Å². The molecule has 0 spiro atoms. The summed E-state index contributed by atoms with van der Waals surface area (Å²) in [6.07, 6.45) is 2.03. The van der Waals surface area contributed by atoms with Gasteiger partial charge in [0.05, 0.1) is 17.9 Å². The Hall–Kier alpha value is -2.80. The molecule has 0 saturated heterocycles. The standard InChI is InChI=1S/C15H10N6S/c1-2-5-10(6-3-1)14-16-11-9-20-8-4-7-12(20)13-17-18-19-21(13)15(11)22-14/h1-8H,9H2. The minimum absolute atomic E-state index is 0.714. The Balaban J connectivity index is 1.75. The number of nitrogens with zero attached hydrogens (tertiary/aromatic N) is 6. The maximum Gasteiger partial charge on any atom is 0.204 e. The van der Waals surface area contributed by atoms with Gasteiger partial charge in [0.15, 0.2) is 0 Å². The Morgan fingerprint density at radius 1 is 1.05 bits per heavy atom. The summed E-state index contributed by atoms with van der Waals surface area (Å²) in [6.45, 7) is 0.714. The highest BCUT2D eigenvalue weighted by molar-refractivity contribution is 7.17. The first-order chi connectivity index (χ1) is 10.9. The third-order valence-corrected chi connectivity index (χ3v) is 4.86. The maximum absolute atomic E-state index is 4.82. The molecule has 5 rings (SSSR count). The first-order valence-corrected chi connectivity index (χ1v) is 7.71. The van der Waals surface area contributed by atoms with Crippen molar-refractivity contribution >= 4 is 11.3 Å². The number of hydrogen-bond acceptors (Lipinski definition) is 5. The minimum atomic E-state index is 0.714. The van der Waals surface area contributed by atoms with Crippen LogP contribution in [-0.4, -0.2) is 29.8 Å².